The first-order chi connectivity index (χ1) is 8.47. The van der Waals surface area contributed by atoms with Gasteiger partial charge in [-0.05, 0) is 31.0 Å². The van der Waals surface area contributed by atoms with E-state index in [9.17, 15) is 8.42 Å². The molecular formula is C12H18N2O3S. The topological polar surface area (TPSA) is 81.4 Å². The summed E-state index contributed by atoms with van der Waals surface area (Å²) < 4.78 is 27.9. The number of hydrogen-bond acceptors (Lipinski definition) is 4. The van der Waals surface area contributed by atoms with Crippen molar-refractivity contribution in [2.75, 3.05) is 6.61 Å². The van der Waals surface area contributed by atoms with Gasteiger partial charge in [0.25, 0.3) is 0 Å². The van der Waals surface area contributed by atoms with E-state index < -0.39 is 10.0 Å². The van der Waals surface area contributed by atoms with E-state index in [-0.39, 0.29) is 11.0 Å². The van der Waals surface area contributed by atoms with Gasteiger partial charge < -0.3 is 10.1 Å². The molecule has 0 saturated carbocycles. The smallest absolute Gasteiger partial charge is 0.238 e. The minimum Gasteiger partial charge on any atom is -0.377 e. The molecule has 1 aromatic rings. The lowest BCUT2D eigenvalue weighted by atomic mass is 10.1. The van der Waals surface area contributed by atoms with Gasteiger partial charge in [-0.2, -0.15) is 0 Å². The Bertz CT molecular complexity index is 516. The lowest BCUT2D eigenvalue weighted by Crippen LogP contribution is -2.34. The highest BCUT2D eigenvalue weighted by atomic mass is 32.2. The number of primary sulfonamides is 1. The van der Waals surface area contributed by atoms with Crippen LogP contribution in [0.2, 0.25) is 0 Å². The Labute approximate surface area is 107 Å². The summed E-state index contributed by atoms with van der Waals surface area (Å²) in [6.45, 7) is 3.42. The largest absolute Gasteiger partial charge is 0.377 e. The molecule has 1 heterocycles. The summed E-state index contributed by atoms with van der Waals surface area (Å²) in [6.07, 6.45) is 1.18. The Hall–Kier alpha value is -0.950. The molecule has 2 unspecified atom stereocenters. The fourth-order valence-electron chi connectivity index (χ4n) is 2.08. The van der Waals surface area contributed by atoms with Gasteiger partial charge in [-0.3, -0.25) is 0 Å². The van der Waals surface area contributed by atoms with Crippen molar-refractivity contribution in [1.82, 2.24) is 5.32 Å². The van der Waals surface area contributed by atoms with Crippen LogP contribution in [0, 0.1) is 0 Å². The number of ether oxygens (including phenoxy) is 1. The maximum atomic E-state index is 11.2. The quantitative estimate of drug-likeness (QED) is 0.839. The minimum atomic E-state index is -3.63. The van der Waals surface area contributed by atoms with Crippen molar-refractivity contribution >= 4 is 10.0 Å². The van der Waals surface area contributed by atoms with Crippen molar-refractivity contribution in [2.24, 2.45) is 5.14 Å². The summed E-state index contributed by atoms with van der Waals surface area (Å²) in [4.78, 5) is 0.150. The lowest BCUT2D eigenvalue weighted by molar-refractivity contribution is 0.113. The number of sulfonamides is 1. The second-order valence-electron chi connectivity index (χ2n) is 4.54. The normalized spacial score (nSPS) is 24.3. The van der Waals surface area contributed by atoms with Gasteiger partial charge in [-0.15, -0.1) is 0 Å². The zero-order valence-corrected chi connectivity index (χ0v) is 11.1. The summed E-state index contributed by atoms with van der Waals surface area (Å²) in [5.74, 6) is 0. The molecular weight excluding hydrogens is 252 g/mol. The molecule has 0 spiro atoms. The molecule has 2 atom stereocenters. The first-order valence-electron chi connectivity index (χ1n) is 5.93. The van der Waals surface area contributed by atoms with E-state index in [2.05, 4.69) is 5.32 Å². The number of nitrogens with two attached hydrogens (primary N) is 1. The van der Waals surface area contributed by atoms with Gasteiger partial charge >= 0.3 is 0 Å². The molecule has 6 heteroatoms. The van der Waals surface area contributed by atoms with Crippen molar-refractivity contribution in [1.29, 1.82) is 0 Å². The number of nitrogens with one attached hydrogen (secondary N) is 1. The van der Waals surface area contributed by atoms with Gasteiger partial charge in [0.15, 0.2) is 0 Å². The summed E-state index contributed by atoms with van der Waals surface area (Å²) in [5.41, 5.74) is 0.903. The van der Waals surface area contributed by atoms with E-state index in [0.717, 1.165) is 18.6 Å². The first-order valence-corrected chi connectivity index (χ1v) is 7.48. The lowest BCUT2D eigenvalue weighted by Gasteiger charge is -2.16. The molecule has 100 valence electrons. The van der Waals surface area contributed by atoms with Crippen molar-refractivity contribution in [2.45, 2.75) is 36.9 Å². The SMILES string of the molecule is CC1OCCC1NCc1cccc(S(N)(=O)=O)c1. The average molecular weight is 270 g/mol. The van der Waals surface area contributed by atoms with E-state index >= 15 is 0 Å². The summed E-state index contributed by atoms with van der Waals surface area (Å²) >= 11 is 0. The van der Waals surface area contributed by atoms with Crippen LogP contribution in [0.25, 0.3) is 0 Å². The van der Waals surface area contributed by atoms with Crippen LogP contribution < -0.4 is 10.5 Å². The predicted octanol–water partition coefficient (Wildman–Crippen LogP) is 0.601. The second kappa shape index (κ2) is 5.36. The van der Waals surface area contributed by atoms with Crippen LogP contribution >= 0.6 is 0 Å². The summed E-state index contributed by atoms with van der Waals surface area (Å²) in [6, 6.07) is 7.00. The van der Waals surface area contributed by atoms with Gasteiger partial charge in [0, 0.05) is 19.2 Å². The van der Waals surface area contributed by atoms with E-state index in [1.54, 1.807) is 12.1 Å². The van der Waals surface area contributed by atoms with Crippen molar-refractivity contribution < 1.29 is 13.2 Å². The summed E-state index contributed by atoms with van der Waals surface area (Å²) in [7, 11) is -3.63. The fourth-order valence-corrected chi connectivity index (χ4v) is 2.67. The Morgan fingerprint density at radius 3 is 2.89 bits per heavy atom. The highest BCUT2D eigenvalue weighted by Crippen LogP contribution is 2.14. The van der Waals surface area contributed by atoms with Crippen LogP contribution in [0.3, 0.4) is 0 Å². The van der Waals surface area contributed by atoms with E-state index in [0.29, 0.717) is 12.6 Å². The van der Waals surface area contributed by atoms with Crippen LogP contribution in [0.1, 0.15) is 18.9 Å². The Balaban J connectivity index is 2.02. The molecule has 18 heavy (non-hydrogen) atoms. The molecule has 1 aliphatic heterocycles. The van der Waals surface area contributed by atoms with Gasteiger partial charge in [0.05, 0.1) is 11.0 Å². The van der Waals surface area contributed by atoms with Crippen LogP contribution in [-0.4, -0.2) is 27.2 Å². The third kappa shape index (κ3) is 3.29. The third-order valence-electron chi connectivity index (χ3n) is 3.17. The molecule has 1 aliphatic rings. The second-order valence-corrected chi connectivity index (χ2v) is 6.11. The molecule has 0 amide bonds. The maximum absolute atomic E-state index is 11.2. The predicted molar refractivity (Wildman–Crippen MR) is 68.5 cm³/mol. The molecule has 2 rings (SSSR count). The molecule has 1 fully saturated rings. The number of rotatable bonds is 4. The van der Waals surface area contributed by atoms with Crippen LogP contribution in [-0.2, 0) is 21.3 Å². The summed E-state index contributed by atoms with van der Waals surface area (Å²) in [5, 5.41) is 8.46. The van der Waals surface area contributed by atoms with E-state index in [1.165, 1.54) is 6.07 Å². The molecule has 1 aromatic carbocycles. The molecule has 0 bridgehead atoms. The highest BCUT2D eigenvalue weighted by Gasteiger charge is 2.23. The molecule has 3 N–H and O–H groups in total. The maximum Gasteiger partial charge on any atom is 0.238 e. The van der Waals surface area contributed by atoms with Crippen molar-refractivity contribution in [3.63, 3.8) is 0 Å². The highest BCUT2D eigenvalue weighted by molar-refractivity contribution is 7.89. The molecule has 0 aromatic heterocycles. The van der Waals surface area contributed by atoms with Crippen LogP contribution in [0.4, 0.5) is 0 Å². The minimum absolute atomic E-state index is 0.150. The number of hydrogen-bond donors (Lipinski definition) is 2. The fraction of sp³-hybridized carbons (Fsp3) is 0.500. The average Bonchev–Trinajstić information content (AvgIpc) is 2.72. The van der Waals surface area contributed by atoms with Crippen molar-refractivity contribution in [3.8, 4) is 0 Å². The standard InChI is InChI=1S/C12H18N2O3S/c1-9-12(5-6-17-9)14-8-10-3-2-4-11(7-10)18(13,15)16/h2-4,7,9,12,14H,5-6,8H2,1H3,(H2,13,15,16). The van der Waals surface area contributed by atoms with E-state index in [1.807, 2.05) is 13.0 Å². The van der Waals surface area contributed by atoms with E-state index in [4.69, 9.17) is 9.88 Å². The van der Waals surface area contributed by atoms with Gasteiger partial charge in [-0.1, -0.05) is 12.1 Å². The molecule has 0 aliphatic carbocycles. The van der Waals surface area contributed by atoms with Gasteiger partial charge in [-0.25, -0.2) is 13.6 Å². The number of benzene rings is 1. The Morgan fingerprint density at radius 2 is 2.28 bits per heavy atom. The van der Waals surface area contributed by atoms with Gasteiger partial charge in [0.1, 0.15) is 0 Å². The third-order valence-corrected chi connectivity index (χ3v) is 4.08. The zero-order valence-electron chi connectivity index (χ0n) is 10.3. The van der Waals surface area contributed by atoms with Crippen LogP contribution in [0.15, 0.2) is 29.2 Å². The van der Waals surface area contributed by atoms with Crippen LogP contribution in [0.5, 0.6) is 0 Å². The zero-order chi connectivity index (χ0) is 13.2. The van der Waals surface area contributed by atoms with Crippen molar-refractivity contribution in [3.05, 3.63) is 29.8 Å². The Morgan fingerprint density at radius 1 is 1.50 bits per heavy atom. The molecule has 1 saturated heterocycles. The molecule has 5 nitrogen and oxygen atoms in total. The molecule has 0 radical (unpaired) electrons. The monoisotopic (exact) mass is 270 g/mol. The Kier molecular flexibility index (Phi) is 4.01. The first kappa shape index (κ1) is 13.5. The van der Waals surface area contributed by atoms with Gasteiger partial charge in [0.2, 0.25) is 10.0 Å².